The van der Waals surface area contributed by atoms with Crippen LogP contribution in [0.4, 0.5) is 11.6 Å². The number of halogens is 1. The molecule has 1 aromatic heterocycles. The third kappa shape index (κ3) is 5.48. The van der Waals surface area contributed by atoms with Gasteiger partial charge in [-0.2, -0.15) is 0 Å². The first-order chi connectivity index (χ1) is 16.7. The normalized spacial score (nSPS) is 17.0. The van der Waals surface area contributed by atoms with E-state index in [9.17, 15) is 9.59 Å². The number of benzene rings is 2. The van der Waals surface area contributed by atoms with Crippen LogP contribution < -0.4 is 26.4 Å². The molecule has 1 aliphatic rings. The maximum absolute atomic E-state index is 11.8. The lowest BCUT2D eigenvalue weighted by Crippen LogP contribution is -2.41. The molecule has 9 nitrogen and oxygen atoms in total. The van der Waals surface area contributed by atoms with Crippen molar-refractivity contribution in [3.8, 4) is 5.75 Å². The minimum atomic E-state index is -0.976. The van der Waals surface area contributed by atoms with Crippen LogP contribution in [0.15, 0.2) is 64.9 Å². The number of anilines is 2. The van der Waals surface area contributed by atoms with E-state index < -0.39 is 11.5 Å². The number of carbonyl (C=O) groups is 2. The molecule has 10 heteroatoms. The van der Waals surface area contributed by atoms with Crippen molar-refractivity contribution in [2.75, 3.05) is 11.9 Å². The van der Waals surface area contributed by atoms with Crippen molar-refractivity contribution in [3.05, 3.63) is 70.5 Å². The molecular formula is C25H27BrN6O3. The number of amides is 2. The van der Waals surface area contributed by atoms with Crippen molar-refractivity contribution in [1.82, 2.24) is 20.2 Å². The van der Waals surface area contributed by atoms with Crippen molar-refractivity contribution in [2.45, 2.75) is 25.9 Å². The zero-order valence-electron chi connectivity index (χ0n) is 19.7. The van der Waals surface area contributed by atoms with Crippen molar-refractivity contribution in [2.24, 2.45) is 12.8 Å². The van der Waals surface area contributed by atoms with E-state index in [1.54, 1.807) is 18.4 Å². The number of primary amides is 1. The lowest BCUT2D eigenvalue weighted by molar-refractivity contribution is -0.119. The molecule has 0 aliphatic carbocycles. The number of hydrogen-bond acceptors (Lipinski definition) is 6. The lowest BCUT2D eigenvalue weighted by atomic mass is 9.95. The molecule has 1 atom stereocenters. The largest absolute Gasteiger partial charge is 0.479 e. The van der Waals surface area contributed by atoms with Gasteiger partial charge in [-0.1, -0.05) is 15.9 Å². The van der Waals surface area contributed by atoms with E-state index >= 15 is 0 Å². The number of aryl methyl sites for hydroxylation is 2. The highest BCUT2D eigenvalue weighted by Gasteiger charge is 2.31. The van der Waals surface area contributed by atoms with Crippen LogP contribution >= 0.6 is 15.9 Å². The lowest BCUT2D eigenvalue weighted by Gasteiger charge is -2.32. The highest BCUT2D eigenvalue weighted by atomic mass is 79.9. The summed E-state index contributed by atoms with van der Waals surface area (Å²) in [6, 6.07) is 11.7. The summed E-state index contributed by atoms with van der Waals surface area (Å²) >= 11 is 3.52. The quantitative estimate of drug-likeness (QED) is 0.348. The fraction of sp³-hybridized carbons (Fsp3) is 0.240. The van der Waals surface area contributed by atoms with Crippen molar-refractivity contribution in [1.29, 1.82) is 0 Å². The number of rotatable bonds is 8. The topological polar surface area (TPSA) is 123 Å². The molecule has 0 saturated heterocycles. The Morgan fingerprint density at radius 2 is 2.06 bits per heavy atom. The van der Waals surface area contributed by atoms with Gasteiger partial charge >= 0.3 is 0 Å². The molecule has 35 heavy (non-hydrogen) atoms. The number of nitrogens with zero attached hydrogens (tertiary/aromatic N) is 2. The average molecular weight is 539 g/mol. The average Bonchev–Trinajstić information content (AvgIpc) is 3.10. The summed E-state index contributed by atoms with van der Waals surface area (Å²) in [5.74, 6) is 0.516. The second-order valence-electron chi connectivity index (χ2n) is 8.42. The summed E-state index contributed by atoms with van der Waals surface area (Å²) in [6.07, 6.45) is 5.46. The fourth-order valence-corrected chi connectivity index (χ4v) is 4.13. The Balaban J connectivity index is 1.63. The van der Waals surface area contributed by atoms with E-state index in [4.69, 9.17) is 15.5 Å². The van der Waals surface area contributed by atoms with Gasteiger partial charge in [0.25, 0.3) is 5.91 Å². The van der Waals surface area contributed by atoms with Crippen LogP contribution in [0.3, 0.4) is 0 Å². The molecule has 2 amide bonds. The van der Waals surface area contributed by atoms with Gasteiger partial charge in [-0.15, -0.1) is 0 Å². The number of dihydropyridines is 1. The van der Waals surface area contributed by atoms with E-state index in [2.05, 4.69) is 31.9 Å². The summed E-state index contributed by atoms with van der Waals surface area (Å²) < 4.78 is 9.39. The monoisotopic (exact) mass is 538 g/mol. The summed E-state index contributed by atoms with van der Waals surface area (Å²) in [7, 11) is 1.94. The predicted molar refractivity (Wildman–Crippen MR) is 139 cm³/mol. The zero-order valence-corrected chi connectivity index (χ0v) is 21.3. The number of nitrogens with one attached hydrogen (secondary N) is 3. The van der Waals surface area contributed by atoms with Gasteiger partial charge in [0.2, 0.25) is 11.9 Å². The van der Waals surface area contributed by atoms with E-state index in [1.807, 2.05) is 54.9 Å². The predicted octanol–water partition coefficient (Wildman–Crippen LogP) is 3.52. The minimum Gasteiger partial charge on any atom is -0.479 e. The molecule has 0 bridgehead atoms. The molecule has 2 aromatic carbocycles. The molecule has 0 spiro atoms. The summed E-state index contributed by atoms with van der Waals surface area (Å²) in [5.41, 5.74) is 8.46. The van der Waals surface area contributed by atoms with Crippen LogP contribution in [0.5, 0.6) is 5.75 Å². The Bertz CT molecular complexity index is 1360. The van der Waals surface area contributed by atoms with E-state index in [-0.39, 0.29) is 11.6 Å². The number of carbonyl (C=O) groups excluding carboxylic acids is 2. The third-order valence-corrected chi connectivity index (χ3v) is 6.61. The van der Waals surface area contributed by atoms with Gasteiger partial charge in [0, 0.05) is 49.4 Å². The van der Waals surface area contributed by atoms with Crippen LogP contribution in [0.25, 0.3) is 11.0 Å². The molecule has 0 radical (unpaired) electrons. The van der Waals surface area contributed by atoms with Crippen molar-refractivity contribution >= 4 is 50.4 Å². The van der Waals surface area contributed by atoms with Crippen LogP contribution in [0.2, 0.25) is 0 Å². The number of imidazole rings is 1. The Morgan fingerprint density at radius 1 is 1.26 bits per heavy atom. The standard InChI is InChI=1S/C25H27BrN6O3/c1-15-12-17(4-6-19(15)26)30-24-31-20-13-18(5-7-22(20)32(24)3)35-25(8-10-28-16(2)33)9-11-29-21(14-25)23(27)34/h4-7,9,11-14,29H,8,10H2,1-3H3,(H2,27,34)(H,28,33)(H,30,31). The summed E-state index contributed by atoms with van der Waals surface area (Å²) in [5, 5.41) is 8.98. The minimum absolute atomic E-state index is 0.145. The molecule has 0 fully saturated rings. The fourth-order valence-electron chi connectivity index (χ4n) is 3.88. The van der Waals surface area contributed by atoms with E-state index in [0.717, 1.165) is 26.8 Å². The molecule has 182 valence electrons. The summed E-state index contributed by atoms with van der Waals surface area (Å²) in [6.45, 7) is 3.84. The van der Waals surface area contributed by atoms with Gasteiger partial charge in [0.15, 0.2) is 5.60 Å². The van der Waals surface area contributed by atoms with Crippen molar-refractivity contribution in [3.63, 3.8) is 0 Å². The highest BCUT2D eigenvalue weighted by molar-refractivity contribution is 9.10. The molecule has 0 saturated carbocycles. The van der Waals surface area contributed by atoms with Crippen LogP contribution in [-0.4, -0.2) is 33.5 Å². The van der Waals surface area contributed by atoms with Crippen molar-refractivity contribution < 1.29 is 14.3 Å². The first-order valence-electron chi connectivity index (χ1n) is 11.1. The number of aromatic nitrogens is 2. The van der Waals surface area contributed by atoms with Gasteiger partial charge < -0.3 is 31.0 Å². The van der Waals surface area contributed by atoms with Crippen LogP contribution in [-0.2, 0) is 16.6 Å². The molecule has 5 N–H and O–H groups in total. The Kier molecular flexibility index (Phi) is 6.83. The number of nitrogens with two attached hydrogens (primary N) is 1. The molecule has 1 aliphatic heterocycles. The molecule has 3 aromatic rings. The molecule has 4 rings (SSSR count). The first kappa shape index (κ1) is 24.3. The maximum Gasteiger partial charge on any atom is 0.264 e. The van der Waals surface area contributed by atoms with E-state index in [1.165, 1.54) is 6.92 Å². The number of ether oxygens (including phenoxy) is 1. The van der Waals surface area contributed by atoms with Gasteiger partial charge in [0.05, 0.1) is 11.0 Å². The van der Waals surface area contributed by atoms with Gasteiger partial charge in [-0.05, 0) is 55.0 Å². The Hall–Kier alpha value is -3.79. The van der Waals surface area contributed by atoms with Gasteiger partial charge in [-0.3, -0.25) is 9.59 Å². The SMILES string of the molecule is CC(=O)NCCC1(Oc2ccc3c(c2)nc(Nc2ccc(Br)c(C)c2)n3C)C=CNC(C(N)=O)=C1. The molecular weight excluding hydrogens is 512 g/mol. The number of fused-ring (bicyclic) bond motifs is 1. The smallest absolute Gasteiger partial charge is 0.264 e. The number of hydrogen-bond donors (Lipinski definition) is 4. The molecule has 2 heterocycles. The van der Waals surface area contributed by atoms with Gasteiger partial charge in [-0.25, -0.2) is 4.98 Å². The van der Waals surface area contributed by atoms with Gasteiger partial charge in [0.1, 0.15) is 11.4 Å². The maximum atomic E-state index is 11.8. The Morgan fingerprint density at radius 3 is 2.77 bits per heavy atom. The summed E-state index contributed by atoms with van der Waals surface area (Å²) in [4.78, 5) is 27.9. The first-order valence-corrected chi connectivity index (χ1v) is 11.9. The van der Waals surface area contributed by atoms with Crippen LogP contribution in [0, 0.1) is 6.92 Å². The van der Waals surface area contributed by atoms with E-state index in [0.29, 0.717) is 24.7 Å². The Labute approximate surface area is 211 Å². The zero-order chi connectivity index (χ0) is 25.2. The third-order valence-electron chi connectivity index (χ3n) is 5.72. The van der Waals surface area contributed by atoms with Crippen LogP contribution in [0.1, 0.15) is 18.9 Å². The second-order valence-corrected chi connectivity index (χ2v) is 9.28. The second kappa shape index (κ2) is 9.83. The highest BCUT2D eigenvalue weighted by Crippen LogP contribution is 2.31. The molecule has 1 unspecified atom stereocenters.